The molecule has 0 saturated heterocycles. The molecule has 400 valence electrons. The van der Waals surface area contributed by atoms with E-state index in [1.54, 1.807) is 69.2 Å². The highest BCUT2D eigenvalue weighted by atomic mass is 16.5. The molecule has 0 aliphatic carbocycles. The second-order valence-corrected chi connectivity index (χ2v) is 18.4. The third kappa shape index (κ3) is 13.2. The fourth-order valence-corrected chi connectivity index (χ4v) is 8.07. The Hall–Kier alpha value is -8.55. The van der Waals surface area contributed by atoms with Gasteiger partial charge < -0.3 is 74.0 Å². The minimum atomic E-state index is -0.778. The summed E-state index contributed by atoms with van der Waals surface area (Å²) < 4.78 is 59.8. The van der Waals surface area contributed by atoms with Crippen LogP contribution in [0.5, 0.6) is 57.5 Å². The van der Waals surface area contributed by atoms with Crippen molar-refractivity contribution in [2.45, 2.75) is 99.8 Å². The van der Waals surface area contributed by atoms with Gasteiger partial charge >= 0.3 is 0 Å². The zero-order chi connectivity index (χ0) is 55.0. The van der Waals surface area contributed by atoms with E-state index in [1.807, 2.05) is 0 Å². The summed E-state index contributed by atoms with van der Waals surface area (Å²) in [5, 5.41) is 14.2. The van der Waals surface area contributed by atoms with Crippen LogP contribution in [-0.4, -0.2) is 95.6 Å². The van der Waals surface area contributed by atoms with Crippen molar-refractivity contribution in [3.63, 3.8) is 0 Å². The molecule has 0 spiro atoms. The average Bonchev–Trinajstić information content (AvgIpc) is 3.32. The van der Waals surface area contributed by atoms with Crippen molar-refractivity contribution < 1.29 is 71.3 Å². The van der Waals surface area contributed by atoms with Gasteiger partial charge in [-0.15, -0.1) is 0 Å². The summed E-state index contributed by atoms with van der Waals surface area (Å²) in [5.74, 6) is -3.46. The second kappa shape index (κ2) is 24.0. The number of hydrogen-bond acceptors (Lipinski definition) is 15. The molecule has 5 N–H and O–H groups in total. The second-order valence-electron chi connectivity index (χ2n) is 18.4. The van der Waals surface area contributed by atoms with Crippen LogP contribution in [-0.2, 0) is 0 Å². The number of fused-ring (bicyclic) bond motifs is 10. The summed E-state index contributed by atoms with van der Waals surface area (Å²) in [6.45, 7) is 17.9. The van der Waals surface area contributed by atoms with E-state index in [2.05, 4.69) is 26.6 Å². The van der Waals surface area contributed by atoms with Gasteiger partial charge in [0.1, 0.15) is 28.7 Å². The predicted octanol–water partition coefficient (Wildman–Crippen LogP) is 10.2. The van der Waals surface area contributed by atoms with Crippen molar-refractivity contribution >= 4 is 58.0 Å². The lowest BCUT2D eigenvalue weighted by atomic mass is 10.1. The van der Waals surface area contributed by atoms with E-state index in [0.717, 1.165) is 0 Å². The molecule has 20 nitrogen and oxygen atoms in total. The average molecular weight is 1040 g/mol. The van der Waals surface area contributed by atoms with Crippen LogP contribution in [0.4, 0.5) is 28.4 Å². The molecule has 0 radical (unpaired) electrons. The number of nitrogens with one attached hydrogen (secondary N) is 5. The first-order valence-electron chi connectivity index (χ1n) is 24.1. The predicted molar refractivity (Wildman–Crippen MR) is 284 cm³/mol. The van der Waals surface area contributed by atoms with Crippen LogP contribution in [0.3, 0.4) is 0 Å². The molecule has 1 heterocycles. The standard InChI is InChI=1S/C55H65N5O15/c1-26(2)71-31-16-36-46(66-11)41(21-31)56-52(62)37-17-32(72-27(3)4)23-43(47(37)67-12)58-54(64)39-19-34(74-29(7)8)25-45(49(39)69-14)60-55(65)40-20-35(75-30(9)10)24-44(50(40)70-15)59-53(63)38-18-33(73-28(5)6)22-42(48(38)68-13)57-51(36)61/h16-30H,1-15H3,(H,56,62)(H,57,61)(H,58,64)(H,59,63)(H,60,65). The normalized spacial score (nSPS) is 12.9. The van der Waals surface area contributed by atoms with Crippen molar-refractivity contribution in [3.8, 4) is 57.5 Å². The number of carbonyl (C=O) groups excluding carboxylic acids is 5. The Morgan fingerprint density at radius 3 is 0.533 bits per heavy atom. The van der Waals surface area contributed by atoms with Crippen LogP contribution < -0.4 is 74.0 Å². The van der Waals surface area contributed by atoms with E-state index in [0.29, 0.717) is 0 Å². The molecule has 75 heavy (non-hydrogen) atoms. The Bertz CT molecular complexity index is 2520. The highest BCUT2D eigenvalue weighted by molar-refractivity contribution is 6.16. The first kappa shape index (κ1) is 55.8. The molecule has 0 fully saturated rings. The molecule has 20 heteroatoms. The van der Waals surface area contributed by atoms with Gasteiger partial charge in [-0.05, 0) is 99.6 Å². The van der Waals surface area contributed by atoms with Gasteiger partial charge in [0.05, 0.1) is 122 Å². The summed E-state index contributed by atoms with van der Waals surface area (Å²) in [5.41, 5.74) is -0.521. The number of benzene rings is 5. The lowest BCUT2D eigenvalue weighted by Gasteiger charge is -2.21. The Balaban J connectivity index is 1.69. The van der Waals surface area contributed by atoms with Gasteiger partial charge in [0.2, 0.25) is 0 Å². The van der Waals surface area contributed by atoms with Gasteiger partial charge in [-0.2, -0.15) is 0 Å². The Morgan fingerprint density at radius 2 is 0.413 bits per heavy atom. The zero-order valence-electron chi connectivity index (χ0n) is 44.8. The third-order valence-electron chi connectivity index (χ3n) is 10.7. The number of hydrogen-bond donors (Lipinski definition) is 5. The fourth-order valence-electron chi connectivity index (χ4n) is 8.07. The topological polar surface area (TPSA) is 238 Å². The maximum Gasteiger partial charge on any atom is 0.259 e. The van der Waals surface area contributed by atoms with Gasteiger partial charge in [-0.1, -0.05) is 0 Å². The molecule has 5 aromatic carbocycles. The zero-order valence-corrected chi connectivity index (χ0v) is 44.8. The molecule has 0 atom stereocenters. The fraction of sp³-hybridized carbons (Fsp3) is 0.364. The van der Waals surface area contributed by atoms with Gasteiger partial charge in [-0.25, -0.2) is 0 Å². The monoisotopic (exact) mass is 1040 g/mol. The number of methoxy groups -OCH3 is 5. The summed E-state index contributed by atoms with van der Waals surface area (Å²) in [4.78, 5) is 73.7. The minimum Gasteiger partial charge on any atom is -0.494 e. The van der Waals surface area contributed by atoms with Gasteiger partial charge in [0, 0.05) is 30.3 Å². The molecular weight excluding hydrogens is 971 g/mol. The molecule has 5 aromatic rings. The van der Waals surface area contributed by atoms with Crippen LogP contribution in [0.1, 0.15) is 121 Å². The SMILES string of the molecule is COc1c2cc(OC(C)C)cc1C(=O)Nc1cc(OC(C)C)cc(c1OC)C(=O)Nc1cc(OC(C)C)cc(c1OC)C(=O)Nc1cc(OC(C)C)cc(c1OC)C(=O)Nc1cc(OC(C)C)cc(c1OC)C(=O)N2. The maximum absolute atomic E-state index is 14.7. The summed E-state index contributed by atoms with van der Waals surface area (Å²) in [6.07, 6.45) is -1.95. The van der Waals surface area contributed by atoms with Crippen molar-refractivity contribution in [2.75, 3.05) is 62.1 Å². The van der Waals surface area contributed by atoms with E-state index in [-0.39, 0.29) is 114 Å². The quantitative estimate of drug-likeness (QED) is 0.0656. The van der Waals surface area contributed by atoms with Crippen LogP contribution in [0.2, 0.25) is 0 Å². The number of carbonyl (C=O) groups is 5. The minimum absolute atomic E-state index is 0.00124. The van der Waals surface area contributed by atoms with Gasteiger partial charge in [0.25, 0.3) is 29.5 Å². The van der Waals surface area contributed by atoms with Crippen molar-refractivity contribution in [1.29, 1.82) is 0 Å². The highest BCUT2D eigenvalue weighted by Gasteiger charge is 2.30. The van der Waals surface area contributed by atoms with E-state index >= 15 is 0 Å². The molecular formula is C55H65N5O15. The lowest BCUT2D eigenvalue weighted by molar-refractivity contribution is 0.100. The Morgan fingerprint density at radius 1 is 0.267 bits per heavy atom. The molecule has 5 amide bonds. The number of rotatable bonds is 15. The summed E-state index contributed by atoms with van der Waals surface area (Å²) >= 11 is 0. The first-order chi connectivity index (χ1) is 35.6. The number of amides is 5. The Labute approximate surface area is 435 Å². The highest BCUT2D eigenvalue weighted by Crippen LogP contribution is 2.43. The molecule has 1 aliphatic heterocycles. The van der Waals surface area contributed by atoms with Crippen LogP contribution in [0.25, 0.3) is 0 Å². The molecule has 0 aromatic heterocycles. The molecule has 6 rings (SSSR count). The van der Waals surface area contributed by atoms with Crippen molar-refractivity contribution in [2.24, 2.45) is 0 Å². The van der Waals surface area contributed by atoms with E-state index in [4.69, 9.17) is 47.4 Å². The smallest absolute Gasteiger partial charge is 0.259 e. The van der Waals surface area contributed by atoms with Crippen LogP contribution in [0.15, 0.2) is 60.7 Å². The molecule has 0 saturated carbocycles. The first-order valence-corrected chi connectivity index (χ1v) is 24.1. The van der Waals surface area contributed by atoms with Crippen molar-refractivity contribution in [3.05, 3.63) is 88.5 Å². The van der Waals surface area contributed by atoms with Crippen LogP contribution >= 0.6 is 0 Å². The summed E-state index contributed by atoms with van der Waals surface area (Å²) in [7, 11) is 6.59. The van der Waals surface area contributed by atoms with Crippen molar-refractivity contribution in [1.82, 2.24) is 0 Å². The lowest BCUT2D eigenvalue weighted by Crippen LogP contribution is -2.20. The maximum atomic E-state index is 14.7. The van der Waals surface area contributed by atoms with Gasteiger partial charge in [-0.3, -0.25) is 24.0 Å². The molecule has 1 aliphatic rings. The van der Waals surface area contributed by atoms with E-state index in [1.165, 1.54) is 96.2 Å². The Kier molecular flexibility index (Phi) is 17.8. The van der Waals surface area contributed by atoms with Gasteiger partial charge in [0.15, 0.2) is 28.7 Å². The van der Waals surface area contributed by atoms with E-state index in [9.17, 15) is 24.0 Å². The number of ether oxygens (including phenoxy) is 10. The molecule has 10 bridgehead atoms. The van der Waals surface area contributed by atoms with E-state index < -0.39 is 60.1 Å². The largest absolute Gasteiger partial charge is 0.494 e. The van der Waals surface area contributed by atoms with Crippen LogP contribution in [0, 0.1) is 0 Å². The molecule has 0 unspecified atom stereocenters. The number of anilines is 5. The third-order valence-corrected chi connectivity index (χ3v) is 10.7. The summed E-state index contributed by atoms with van der Waals surface area (Å²) in [6, 6.07) is 14.6.